The van der Waals surface area contributed by atoms with E-state index < -0.39 is 10.0 Å². The van der Waals surface area contributed by atoms with E-state index in [0.29, 0.717) is 5.76 Å². The fourth-order valence-electron chi connectivity index (χ4n) is 1.87. The molecule has 0 radical (unpaired) electrons. The lowest BCUT2D eigenvalue weighted by Gasteiger charge is -2.38. The third-order valence-electron chi connectivity index (χ3n) is 3.04. The first-order valence-electron chi connectivity index (χ1n) is 5.39. The molecule has 17 heavy (non-hydrogen) atoms. The molecule has 1 heterocycles. The highest BCUT2D eigenvalue weighted by molar-refractivity contribution is 9.10. The van der Waals surface area contributed by atoms with Crippen LogP contribution in [-0.2, 0) is 16.6 Å². The summed E-state index contributed by atoms with van der Waals surface area (Å²) >= 11 is 3.10. The molecule has 0 bridgehead atoms. The SMILES string of the molecule is CC1(NS(=O)(=O)c2cc(CN)oc2Br)CCC1. The zero-order valence-corrected chi connectivity index (χ0v) is 11.9. The number of nitrogens with two attached hydrogens (primary N) is 1. The normalized spacial score (nSPS) is 19.0. The summed E-state index contributed by atoms with van der Waals surface area (Å²) in [6, 6.07) is 1.45. The molecule has 2 rings (SSSR count). The zero-order valence-electron chi connectivity index (χ0n) is 9.49. The van der Waals surface area contributed by atoms with Crippen LogP contribution in [-0.4, -0.2) is 14.0 Å². The monoisotopic (exact) mass is 322 g/mol. The lowest BCUT2D eigenvalue weighted by Crippen LogP contribution is -2.50. The van der Waals surface area contributed by atoms with Crippen LogP contribution in [0.5, 0.6) is 0 Å². The first-order valence-corrected chi connectivity index (χ1v) is 7.66. The Morgan fingerprint density at radius 1 is 1.59 bits per heavy atom. The number of rotatable bonds is 4. The van der Waals surface area contributed by atoms with Crippen molar-refractivity contribution in [2.24, 2.45) is 5.73 Å². The Morgan fingerprint density at radius 2 is 2.24 bits per heavy atom. The van der Waals surface area contributed by atoms with Crippen molar-refractivity contribution in [2.45, 2.75) is 43.2 Å². The lowest BCUT2D eigenvalue weighted by atomic mass is 9.80. The minimum atomic E-state index is -3.54. The van der Waals surface area contributed by atoms with Crippen LogP contribution in [0.4, 0.5) is 0 Å². The fourth-order valence-corrected chi connectivity index (χ4v) is 4.33. The Bertz CT molecular complexity index is 520. The topological polar surface area (TPSA) is 85.3 Å². The summed E-state index contributed by atoms with van der Waals surface area (Å²) in [6.45, 7) is 2.08. The van der Waals surface area contributed by atoms with E-state index in [1.165, 1.54) is 6.07 Å². The van der Waals surface area contributed by atoms with Crippen LogP contribution in [0.1, 0.15) is 31.9 Å². The number of hydrogen-bond donors (Lipinski definition) is 2. The smallest absolute Gasteiger partial charge is 0.245 e. The molecule has 0 aromatic carbocycles. The standard InChI is InChI=1S/C10H15BrN2O3S/c1-10(3-2-4-10)13-17(14,15)8-5-7(6-12)16-9(8)11/h5,13H,2-4,6,12H2,1H3. The highest BCUT2D eigenvalue weighted by Crippen LogP contribution is 2.34. The van der Waals surface area contributed by atoms with Crippen LogP contribution in [0.2, 0.25) is 0 Å². The largest absolute Gasteiger partial charge is 0.452 e. The molecule has 0 aliphatic heterocycles. The van der Waals surface area contributed by atoms with Gasteiger partial charge >= 0.3 is 0 Å². The summed E-state index contributed by atoms with van der Waals surface area (Å²) in [5, 5.41) is 0. The van der Waals surface area contributed by atoms with Crippen LogP contribution in [0, 0.1) is 0 Å². The van der Waals surface area contributed by atoms with Crippen molar-refractivity contribution in [2.75, 3.05) is 0 Å². The van der Waals surface area contributed by atoms with Gasteiger partial charge in [0, 0.05) is 11.6 Å². The van der Waals surface area contributed by atoms with Gasteiger partial charge < -0.3 is 10.2 Å². The molecule has 3 N–H and O–H groups in total. The van der Waals surface area contributed by atoms with Crippen molar-refractivity contribution >= 4 is 26.0 Å². The maximum atomic E-state index is 12.1. The van der Waals surface area contributed by atoms with Crippen molar-refractivity contribution in [1.82, 2.24) is 4.72 Å². The molecule has 1 saturated carbocycles. The van der Waals surface area contributed by atoms with Gasteiger partial charge in [-0.1, -0.05) is 0 Å². The lowest BCUT2D eigenvalue weighted by molar-refractivity contribution is 0.248. The summed E-state index contributed by atoms with van der Waals surface area (Å²) in [7, 11) is -3.54. The second-order valence-corrected chi connectivity index (χ2v) is 6.95. The second kappa shape index (κ2) is 4.38. The van der Waals surface area contributed by atoms with Crippen molar-refractivity contribution in [1.29, 1.82) is 0 Å². The molecule has 7 heteroatoms. The maximum Gasteiger partial charge on any atom is 0.245 e. The summed E-state index contributed by atoms with van der Waals surface area (Å²) in [5.74, 6) is 0.441. The first-order chi connectivity index (χ1) is 7.86. The van der Waals surface area contributed by atoms with Crippen molar-refractivity contribution in [3.8, 4) is 0 Å². The Kier molecular flexibility index (Phi) is 3.37. The van der Waals surface area contributed by atoms with Gasteiger partial charge in [-0.05, 0) is 42.1 Å². The number of hydrogen-bond acceptors (Lipinski definition) is 4. The molecule has 1 fully saturated rings. The first kappa shape index (κ1) is 13.1. The zero-order chi connectivity index (χ0) is 12.7. The van der Waals surface area contributed by atoms with Crippen LogP contribution < -0.4 is 10.5 Å². The van der Waals surface area contributed by atoms with Crippen molar-refractivity contribution < 1.29 is 12.8 Å². The second-order valence-electron chi connectivity index (χ2n) is 4.57. The number of halogens is 1. The van der Waals surface area contributed by atoms with Gasteiger partial charge in [-0.2, -0.15) is 0 Å². The fraction of sp³-hybridized carbons (Fsp3) is 0.600. The van der Waals surface area contributed by atoms with Gasteiger partial charge in [0.2, 0.25) is 10.0 Å². The van der Waals surface area contributed by atoms with E-state index >= 15 is 0 Å². The van der Waals surface area contributed by atoms with Crippen LogP contribution >= 0.6 is 15.9 Å². The van der Waals surface area contributed by atoms with Gasteiger partial charge in [0.15, 0.2) is 4.67 Å². The number of nitrogens with one attached hydrogen (secondary N) is 1. The van der Waals surface area contributed by atoms with E-state index in [2.05, 4.69) is 20.7 Å². The van der Waals surface area contributed by atoms with Gasteiger partial charge in [0.25, 0.3) is 0 Å². The summed E-state index contributed by atoms with van der Waals surface area (Å²) in [6.07, 6.45) is 2.79. The molecule has 0 saturated heterocycles. The molecule has 1 aromatic rings. The third-order valence-corrected chi connectivity index (χ3v) is 5.53. The van der Waals surface area contributed by atoms with E-state index in [-0.39, 0.29) is 21.6 Å². The van der Waals surface area contributed by atoms with Crippen LogP contribution in [0.3, 0.4) is 0 Å². The quantitative estimate of drug-likeness (QED) is 0.883. The third kappa shape index (κ3) is 2.57. The van der Waals surface area contributed by atoms with Crippen molar-refractivity contribution in [3.05, 3.63) is 16.5 Å². The van der Waals surface area contributed by atoms with E-state index in [1.54, 1.807) is 0 Å². The van der Waals surface area contributed by atoms with Crippen LogP contribution in [0.25, 0.3) is 0 Å². The average Bonchev–Trinajstić information content (AvgIpc) is 2.57. The van der Waals surface area contributed by atoms with E-state index in [4.69, 9.17) is 10.2 Å². The molecular weight excluding hydrogens is 308 g/mol. The summed E-state index contributed by atoms with van der Waals surface area (Å²) in [4.78, 5) is 0.117. The maximum absolute atomic E-state index is 12.1. The van der Waals surface area contributed by atoms with Gasteiger partial charge in [0.1, 0.15) is 10.7 Å². The average molecular weight is 323 g/mol. The van der Waals surface area contributed by atoms with Gasteiger partial charge in [-0.25, -0.2) is 13.1 Å². The molecule has 0 spiro atoms. The summed E-state index contributed by atoms with van der Waals surface area (Å²) < 4.78 is 32.4. The minimum absolute atomic E-state index is 0.117. The number of sulfonamides is 1. The molecular formula is C10H15BrN2O3S. The van der Waals surface area contributed by atoms with E-state index in [0.717, 1.165) is 19.3 Å². The molecule has 5 nitrogen and oxygen atoms in total. The Balaban J connectivity index is 2.27. The van der Waals surface area contributed by atoms with E-state index in [1.807, 2.05) is 6.92 Å². The molecule has 0 amide bonds. The molecule has 0 unspecified atom stereocenters. The van der Waals surface area contributed by atoms with Gasteiger partial charge in [-0.3, -0.25) is 0 Å². The highest BCUT2D eigenvalue weighted by atomic mass is 79.9. The van der Waals surface area contributed by atoms with E-state index in [9.17, 15) is 8.42 Å². The van der Waals surface area contributed by atoms with Crippen molar-refractivity contribution in [3.63, 3.8) is 0 Å². The minimum Gasteiger partial charge on any atom is -0.452 e. The molecule has 96 valence electrons. The molecule has 1 aliphatic rings. The van der Waals surface area contributed by atoms with Gasteiger partial charge in [-0.15, -0.1) is 0 Å². The van der Waals surface area contributed by atoms with Gasteiger partial charge in [0.05, 0.1) is 6.54 Å². The Morgan fingerprint density at radius 3 is 2.65 bits per heavy atom. The summed E-state index contributed by atoms with van der Waals surface area (Å²) in [5.41, 5.74) is 5.09. The van der Waals surface area contributed by atoms with Crippen LogP contribution in [0.15, 0.2) is 20.0 Å². The number of furan rings is 1. The molecule has 0 atom stereocenters. The predicted molar refractivity (Wildman–Crippen MR) is 66.9 cm³/mol. The molecule has 1 aromatic heterocycles. The molecule has 1 aliphatic carbocycles. The highest BCUT2D eigenvalue weighted by Gasteiger charge is 2.37. The Labute approximate surface area is 109 Å². The Hall–Kier alpha value is -0.370. The predicted octanol–water partition coefficient (Wildman–Crippen LogP) is 1.72.